The van der Waals surface area contributed by atoms with Crippen LogP contribution < -0.4 is 0 Å². The monoisotopic (exact) mass is 344 g/mol. The molecular weight excluding hydrogens is 316 g/mol. The van der Waals surface area contributed by atoms with Gasteiger partial charge in [0.25, 0.3) is 0 Å². The molecule has 3 rings (SSSR count). The summed E-state index contributed by atoms with van der Waals surface area (Å²) in [6.45, 7) is 9.40. The van der Waals surface area contributed by atoms with E-state index in [2.05, 4.69) is 35.9 Å². The normalized spacial score (nSPS) is 18.2. The van der Waals surface area contributed by atoms with Gasteiger partial charge in [-0.1, -0.05) is 19.9 Å². The van der Waals surface area contributed by atoms with Crippen molar-refractivity contribution in [1.82, 2.24) is 9.88 Å². The number of hydrogen-bond donors (Lipinski definition) is 1. The first-order chi connectivity index (χ1) is 11.4. The van der Waals surface area contributed by atoms with Crippen molar-refractivity contribution >= 4 is 11.3 Å². The molecule has 2 aromatic heterocycles. The summed E-state index contributed by atoms with van der Waals surface area (Å²) in [6, 6.07) is 8.55. The minimum Gasteiger partial charge on any atom is -0.383 e. The molecular formula is C20H28N2OS. The number of piperidine rings is 1. The minimum absolute atomic E-state index is 0.712. The van der Waals surface area contributed by atoms with E-state index in [1.165, 1.54) is 16.2 Å². The highest BCUT2D eigenvalue weighted by Crippen LogP contribution is 2.32. The number of nitrogens with zero attached hydrogens (tertiary/aromatic N) is 2. The van der Waals surface area contributed by atoms with Gasteiger partial charge < -0.3 is 5.11 Å². The van der Waals surface area contributed by atoms with Gasteiger partial charge in [0.05, 0.1) is 5.69 Å². The van der Waals surface area contributed by atoms with Gasteiger partial charge in [0, 0.05) is 35.6 Å². The van der Waals surface area contributed by atoms with E-state index in [4.69, 9.17) is 0 Å². The zero-order chi connectivity index (χ0) is 17.2. The number of aliphatic hydroxyl groups is 1. The first-order valence-electron chi connectivity index (χ1n) is 8.90. The van der Waals surface area contributed by atoms with Crippen LogP contribution in [0, 0.1) is 12.8 Å². The Hall–Kier alpha value is -1.23. The molecule has 0 spiro atoms. The molecule has 0 unspecified atom stereocenters. The lowest BCUT2D eigenvalue weighted by Gasteiger charge is -2.37. The van der Waals surface area contributed by atoms with Crippen molar-refractivity contribution in [3.8, 4) is 0 Å². The molecule has 0 saturated carbocycles. The summed E-state index contributed by atoms with van der Waals surface area (Å²) in [5, 5.41) is 10.9. The Bertz CT molecular complexity index is 655. The Kier molecular flexibility index (Phi) is 5.38. The summed E-state index contributed by atoms with van der Waals surface area (Å²) < 4.78 is 0. The van der Waals surface area contributed by atoms with Gasteiger partial charge >= 0.3 is 0 Å². The molecule has 0 aliphatic carbocycles. The van der Waals surface area contributed by atoms with Crippen LogP contribution >= 0.6 is 11.3 Å². The molecule has 0 amide bonds. The molecule has 24 heavy (non-hydrogen) atoms. The molecule has 0 atom stereocenters. The molecule has 0 aromatic carbocycles. The molecule has 130 valence electrons. The fourth-order valence-corrected chi connectivity index (χ4v) is 4.59. The van der Waals surface area contributed by atoms with Crippen LogP contribution in [-0.4, -0.2) is 28.1 Å². The van der Waals surface area contributed by atoms with Gasteiger partial charge in [-0.3, -0.25) is 9.88 Å². The van der Waals surface area contributed by atoms with Gasteiger partial charge in [0.1, 0.15) is 5.60 Å². The quantitative estimate of drug-likeness (QED) is 0.886. The van der Waals surface area contributed by atoms with Crippen molar-refractivity contribution in [1.29, 1.82) is 0 Å². The lowest BCUT2D eigenvalue weighted by atomic mass is 9.87. The summed E-state index contributed by atoms with van der Waals surface area (Å²) >= 11 is 1.94. The van der Waals surface area contributed by atoms with Crippen LogP contribution in [0.15, 0.2) is 30.5 Å². The molecule has 0 radical (unpaired) electrons. The third kappa shape index (κ3) is 4.24. The molecule has 1 fully saturated rings. The zero-order valence-electron chi connectivity index (χ0n) is 15.0. The van der Waals surface area contributed by atoms with Crippen LogP contribution in [0.3, 0.4) is 0 Å². The average molecular weight is 345 g/mol. The number of thiophene rings is 1. The van der Waals surface area contributed by atoms with E-state index in [0.29, 0.717) is 5.92 Å². The highest BCUT2D eigenvalue weighted by Gasteiger charge is 2.35. The van der Waals surface area contributed by atoms with Crippen molar-refractivity contribution in [2.24, 2.45) is 5.92 Å². The second kappa shape index (κ2) is 7.34. The van der Waals surface area contributed by atoms with Crippen LogP contribution in [-0.2, 0) is 18.6 Å². The predicted octanol–water partition coefficient (Wildman–Crippen LogP) is 4.13. The van der Waals surface area contributed by atoms with E-state index in [1.807, 2.05) is 36.6 Å². The maximum absolute atomic E-state index is 10.9. The first-order valence-corrected chi connectivity index (χ1v) is 9.72. The van der Waals surface area contributed by atoms with Crippen LogP contribution in [0.25, 0.3) is 0 Å². The largest absolute Gasteiger partial charge is 0.383 e. The lowest BCUT2D eigenvalue weighted by Crippen LogP contribution is -2.42. The summed E-state index contributed by atoms with van der Waals surface area (Å²) in [7, 11) is 0. The van der Waals surface area contributed by atoms with E-state index < -0.39 is 5.60 Å². The van der Waals surface area contributed by atoms with Crippen molar-refractivity contribution in [3.05, 3.63) is 51.5 Å². The number of aromatic nitrogens is 1. The molecule has 1 saturated heterocycles. The summed E-state index contributed by atoms with van der Waals surface area (Å²) in [6.07, 6.45) is 4.53. The molecule has 1 N–H and O–H groups in total. The van der Waals surface area contributed by atoms with Crippen molar-refractivity contribution < 1.29 is 5.11 Å². The standard InChI is InChI=1S/C20H28N2OS/c1-15(2)12-17-5-6-18(24-17)14-22-10-8-20(23,9-11-22)19-7-4-16(3)13-21-19/h4-7,13,15,23H,8-12,14H2,1-3H3. The molecule has 3 nitrogen and oxygen atoms in total. The number of hydrogen-bond acceptors (Lipinski definition) is 4. The molecule has 1 aliphatic rings. The second-order valence-electron chi connectivity index (χ2n) is 7.49. The van der Waals surface area contributed by atoms with Crippen LogP contribution in [0.2, 0.25) is 0 Å². The van der Waals surface area contributed by atoms with Gasteiger partial charge in [0.2, 0.25) is 0 Å². The van der Waals surface area contributed by atoms with E-state index >= 15 is 0 Å². The van der Waals surface area contributed by atoms with Crippen molar-refractivity contribution in [2.75, 3.05) is 13.1 Å². The summed E-state index contributed by atoms with van der Waals surface area (Å²) in [5.41, 5.74) is 1.19. The minimum atomic E-state index is -0.761. The van der Waals surface area contributed by atoms with Crippen LogP contribution in [0.1, 0.15) is 47.7 Å². The van der Waals surface area contributed by atoms with E-state index in [9.17, 15) is 5.11 Å². The Morgan fingerprint density at radius 1 is 1.17 bits per heavy atom. The molecule has 2 aromatic rings. The highest BCUT2D eigenvalue weighted by molar-refractivity contribution is 7.11. The average Bonchev–Trinajstić information content (AvgIpc) is 2.96. The third-order valence-electron chi connectivity index (χ3n) is 4.78. The fraction of sp³-hybridized carbons (Fsp3) is 0.550. The van der Waals surface area contributed by atoms with Gasteiger partial charge in [-0.15, -0.1) is 11.3 Å². The Balaban J connectivity index is 1.56. The first kappa shape index (κ1) is 17.6. The SMILES string of the molecule is Cc1ccc(C2(O)CCN(Cc3ccc(CC(C)C)s3)CC2)nc1. The van der Waals surface area contributed by atoms with Crippen molar-refractivity contribution in [2.45, 2.75) is 52.2 Å². The third-order valence-corrected chi connectivity index (χ3v) is 5.87. The topological polar surface area (TPSA) is 36.4 Å². The smallest absolute Gasteiger partial charge is 0.109 e. The maximum Gasteiger partial charge on any atom is 0.109 e. The second-order valence-corrected chi connectivity index (χ2v) is 8.75. The van der Waals surface area contributed by atoms with E-state index in [0.717, 1.165) is 43.7 Å². The zero-order valence-corrected chi connectivity index (χ0v) is 15.8. The summed E-state index contributed by atoms with van der Waals surface area (Å²) in [4.78, 5) is 9.82. The fourth-order valence-electron chi connectivity index (χ4n) is 3.32. The summed E-state index contributed by atoms with van der Waals surface area (Å²) in [5.74, 6) is 0.712. The Morgan fingerprint density at radius 2 is 1.88 bits per heavy atom. The molecule has 1 aliphatic heterocycles. The van der Waals surface area contributed by atoms with Crippen LogP contribution in [0.4, 0.5) is 0 Å². The number of aryl methyl sites for hydroxylation is 1. The highest BCUT2D eigenvalue weighted by atomic mass is 32.1. The lowest BCUT2D eigenvalue weighted by molar-refractivity contribution is -0.0309. The Morgan fingerprint density at radius 3 is 2.50 bits per heavy atom. The number of rotatable bonds is 5. The Labute approximate surface area is 149 Å². The van der Waals surface area contributed by atoms with Gasteiger partial charge in [-0.2, -0.15) is 0 Å². The van der Waals surface area contributed by atoms with Gasteiger partial charge in [-0.25, -0.2) is 0 Å². The van der Waals surface area contributed by atoms with Crippen molar-refractivity contribution in [3.63, 3.8) is 0 Å². The maximum atomic E-state index is 10.9. The van der Waals surface area contributed by atoms with E-state index in [1.54, 1.807) is 0 Å². The molecule has 4 heteroatoms. The van der Waals surface area contributed by atoms with Crippen LogP contribution in [0.5, 0.6) is 0 Å². The molecule has 0 bridgehead atoms. The van der Waals surface area contributed by atoms with E-state index in [-0.39, 0.29) is 0 Å². The van der Waals surface area contributed by atoms with Gasteiger partial charge in [-0.05, 0) is 55.9 Å². The molecule has 3 heterocycles. The number of likely N-dealkylation sites (tertiary alicyclic amines) is 1. The number of pyridine rings is 1. The predicted molar refractivity (Wildman–Crippen MR) is 100 cm³/mol. The van der Waals surface area contributed by atoms with Gasteiger partial charge in [0.15, 0.2) is 0 Å².